The number of aromatic nitrogens is 2. The summed E-state index contributed by atoms with van der Waals surface area (Å²) in [4.78, 5) is 32.2. The fourth-order valence-corrected chi connectivity index (χ4v) is 5.57. The molecule has 0 radical (unpaired) electrons. The fraction of sp³-hybridized carbons (Fsp3) is 0.452. The molecule has 0 N–H and O–H groups in total. The summed E-state index contributed by atoms with van der Waals surface area (Å²) < 4.78 is 41.0. The minimum atomic E-state index is -0.767. The van der Waals surface area contributed by atoms with Gasteiger partial charge in [-0.3, -0.25) is 4.79 Å². The molecule has 2 aliphatic heterocycles. The molecule has 2 aromatic carbocycles. The van der Waals surface area contributed by atoms with Crippen LogP contribution in [-0.2, 0) is 4.74 Å². The average Bonchev–Trinajstić information content (AvgIpc) is 3.41. The Balaban J connectivity index is 1.38. The quantitative estimate of drug-likeness (QED) is 0.410. The van der Waals surface area contributed by atoms with Crippen molar-refractivity contribution in [1.82, 2.24) is 19.6 Å². The molecule has 2 fully saturated rings. The van der Waals surface area contributed by atoms with Crippen LogP contribution in [0.15, 0.2) is 48.7 Å². The van der Waals surface area contributed by atoms with E-state index in [0.717, 1.165) is 17.5 Å². The molecule has 0 atom stereocenters. The van der Waals surface area contributed by atoms with Gasteiger partial charge in [-0.2, -0.15) is 5.10 Å². The molecule has 5 rings (SSSR count). The van der Waals surface area contributed by atoms with Crippen LogP contribution in [0.1, 0.15) is 55.6 Å². The maximum atomic E-state index is 15.0. The zero-order chi connectivity index (χ0) is 30.0. The molecule has 2 amide bonds. The monoisotopic (exact) mass is 581 g/mol. The van der Waals surface area contributed by atoms with Crippen LogP contribution in [0.5, 0.6) is 5.75 Å². The van der Waals surface area contributed by atoms with E-state index in [-0.39, 0.29) is 23.6 Å². The molecule has 9 nitrogen and oxygen atoms in total. The minimum absolute atomic E-state index is 0.0721. The Morgan fingerprint density at radius 2 is 1.64 bits per heavy atom. The molecule has 3 aromatic rings. The van der Waals surface area contributed by atoms with Crippen molar-refractivity contribution in [2.45, 2.75) is 45.1 Å². The van der Waals surface area contributed by atoms with Crippen LogP contribution >= 0.6 is 0 Å². The van der Waals surface area contributed by atoms with E-state index in [4.69, 9.17) is 9.47 Å². The lowest BCUT2D eigenvalue weighted by Gasteiger charge is -2.37. The van der Waals surface area contributed by atoms with Gasteiger partial charge in [0.25, 0.3) is 5.91 Å². The molecular formula is C31H37F2N5O4. The third-order valence-corrected chi connectivity index (χ3v) is 7.69. The summed E-state index contributed by atoms with van der Waals surface area (Å²) in [6.45, 7) is 8.59. The minimum Gasteiger partial charge on any atom is -0.497 e. The lowest BCUT2D eigenvalue weighted by atomic mass is 9.90. The van der Waals surface area contributed by atoms with Crippen molar-refractivity contribution in [3.8, 4) is 11.4 Å². The molecule has 0 saturated carbocycles. The molecule has 0 aliphatic carbocycles. The topological polar surface area (TPSA) is 80.1 Å². The van der Waals surface area contributed by atoms with Gasteiger partial charge in [-0.05, 0) is 57.9 Å². The SMILES string of the molecule is COc1cccc(N2CCN(C(=O)c3cnn(-c4ccc(F)cc4F)c3C3CCN(C(=O)OC(C)(C)C)CC3)CC2)c1. The number of hydrogen-bond acceptors (Lipinski definition) is 6. The number of benzene rings is 2. The van der Waals surface area contributed by atoms with Crippen molar-refractivity contribution in [3.05, 3.63) is 71.6 Å². The Labute approximate surface area is 244 Å². The number of piperidine rings is 1. The van der Waals surface area contributed by atoms with Gasteiger partial charge >= 0.3 is 6.09 Å². The van der Waals surface area contributed by atoms with E-state index >= 15 is 0 Å². The number of likely N-dealkylation sites (tertiary alicyclic amines) is 1. The first-order valence-electron chi connectivity index (χ1n) is 14.2. The molecule has 0 bridgehead atoms. The van der Waals surface area contributed by atoms with E-state index in [9.17, 15) is 18.4 Å². The highest BCUT2D eigenvalue weighted by atomic mass is 19.1. The third-order valence-electron chi connectivity index (χ3n) is 7.69. The van der Waals surface area contributed by atoms with Gasteiger partial charge in [0, 0.05) is 63.0 Å². The first kappa shape index (κ1) is 29.3. The van der Waals surface area contributed by atoms with Gasteiger partial charge in [0.1, 0.15) is 22.9 Å². The summed E-state index contributed by atoms with van der Waals surface area (Å²) in [5.41, 5.74) is 1.46. The number of carbonyl (C=O) groups is 2. The summed E-state index contributed by atoms with van der Waals surface area (Å²) in [6.07, 6.45) is 2.17. The van der Waals surface area contributed by atoms with Crippen molar-refractivity contribution in [2.75, 3.05) is 51.3 Å². The number of rotatable bonds is 5. The number of nitrogens with zero attached hydrogens (tertiary/aromatic N) is 5. The van der Waals surface area contributed by atoms with Crippen LogP contribution in [0, 0.1) is 11.6 Å². The summed E-state index contributed by atoms with van der Waals surface area (Å²) in [5.74, 6) is -1.04. The lowest BCUT2D eigenvalue weighted by Crippen LogP contribution is -2.49. The largest absolute Gasteiger partial charge is 0.497 e. The Morgan fingerprint density at radius 1 is 0.929 bits per heavy atom. The lowest BCUT2D eigenvalue weighted by molar-refractivity contribution is 0.0203. The highest BCUT2D eigenvalue weighted by Crippen LogP contribution is 2.34. The second kappa shape index (κ2) is 12.0. The Bertz CT molecular complexity index is 1440. The molecule has 0 unspecified atom stereocenters. The van der Waals surface area contributed by atoms with Gasteiger partial charge < -0.3 is 24.2 Å². The van der Waals surface area contributed by atoms with Gasteiger partial charge in [-0.15, -0.1) is 0 Å². The number of amides is 2. The van der Waals surface area contributed by atoms with E-state index in [0.29, 0.717) is 63.4 Å². The molecule has 11 heteroatoms. The van der Waals surface area contributed by atoms with E-state index in [2.05, 4.69) is 10.00 Å². The van der Waals surface area contributed by atoms with E-state index in [1.54, 1.807) is 16.9 Å². The Morgan fingerprint density at radius 3 is 2.29 bits per heavy atom. The standard InChI is InChI=1S/C31H37F2N5O4/c1-31(2,3)42-30(40)37-12-10-21(11-13-37)28-25(20-34-38(28)27-9-8-22(32)18-26(27)33)29(39)36-16-14-35(15-17-36)23-6-5-7-24(19-23)41-4/h5-9,18-21H,10-17H2,1-4H3. The van der Waals surface area contributed by atoms with Gasteiger partial charge in [0.2, 0.25) is 0 Å². The summed E-state index contributed by atoms with van der Waals surface area (Å²) in [6, 6.07) is 11.1. The van der Waals surface area contributed by atoms with Crippen molar-refractivity contribution >= 4 is 17.7 Å². The highest BCUT2D eigenvalue weighted by Gasteiger charge is 2.34. The predicted octanol–water partition coefficient (Wildman–Crippen LogP) is 5.24. The molecule has 0 spiro atoms. The number of halogens is 2. The molecule has 224 valence electrons. The van der Waals surface area contributed by atoms with Crippen LogP contribution in [0.3, 0.4) is 0 Å². The first-order valence-corrected chi connectivity index (χ1v) is 14.2. The highest BCUT2D eigenvalue weighted by molar-refractivity contribution is 5.95. The van der Waals surface area contributed by atoms with Gasteiger partial charge in [0.05, 0.1) is 24.6 Å². The average molecular weight is 582 g/mol. The van der Waals surface area contributed by atoms with E-state index in [1.807, 2.05) is 45.0 Å². The number of hydrogen-bond donors (Lipinski definition) is 0. The number of anilines is 1. The van der Waals surface area contributed by atoms with Crippen molar-refractivity contribution in [3.63, 3.8) is 0 Å². The molecule has 42 heavy (non-hydrogen) atoms. The maximum Gasteiger partial charge on any atom is 0.410 e. The molecule has 2 aliphatic rings. The van der Waals surface area contributed by atoms with Gasteiger partial charge in [0.15, 0.2) is 5.82 Å². The number of carbonyl (C=O) groups excluding carboxylic acids is 2. The van der Waals surface area contributed by atoms with Crippen LogP contribution in [0.25, 0.3) is 5.69 Å². The van der Waals surface area contributed by atoms with Crippen LogP contribution < -0.4 is 9.64 Å². The summed E-state index contributed by atoms with van der Waals surface area (Å²) in [7, 11) is 1.63. The Kier molecular flexibility index (Phi) is 8.38. The van der Waals surface area contributed by atoms with Gasteiger partial charge in [-0.1, -0.05) is 6.07 Å². The maximum absolute atomic E-state index is 15.0. The van der Waals surface area contributed by atoms with Crippen LogP contribution in [0.4, 0.5) is 19.3 Å². The van der Waals surface area contributed by atoms with Crippen LogP contribution in [-0.4, -0.2) is 83.6 Å². The second-order valence-electron chi connectivity index (χ2n) is 11.7. The molecular weight excluding hydrogens is 544 g/mol. The van der Waals surface area contributed by atoms with E-state index in [1.165, 1.54) is 23.0 Å². The van der Waals surface area contributed by atoms with Crippen molar-refractivity contribution < 1.29 is 27.8 Å². The number of methoxy groups -OCH3 is 1. The zero-order valence-corrected chi connectivity index (χ0v) is 24.5. The summed E-state index contributed by atoms with van der Waals surface area (Å²) >= 11 is 0. The van der Waals surface area contributed by atoms with Crippen LogP contribution in [0.2, 0.25) is 0 Å². The van der Waals surface area contributed by atoms with Gasteiger partial charge in [-0.25, -0.2) is 18.3 Å². The fourth-order valence-electron chi connectivity index (χ4n) is 5.57. The van der Waals surface area contributed by atoms with Crippen molar-refractivity contribution in [1.29, 1.82) is 0 Å². The first-order chi connectivity index (χ1) is 20.0. The number of ether oxygens (including phenoxy) is 2. The van der Waals surface area contributed by atoms with E-state index < -0.39 is 17.2 Å². The summed E-state index contributed by atoms with van der Waals surface area (Å²) in [5, 5.41) is 4.43. The zero-order valence-electron chi connectivity index (χ0n) is 24.5. The molecule has 2 saturated heterocycles. The van der Waals surface area contributed by atoms with Crippen molar-refractivity contribution in [2.24, 2.45) is 0 Å². The molecule has 1 aromatic heterocycles. The third kappa shape index (κ3) is 6.34. The molecule has 3 heterocycles. The Hall–Kier alpha value is -4.15. The number of piperazine rings is 1. The normalized spacial score (nSPS) is 16.5. The predicted molar refractivity (Wildman–Crippen MR) is 154 cm³/mol. The second-order valence-corrected chi connectivity index (χ2v) is 11.7. The smallest absolute Gasteiger partial charge is 0.410 e.